The number of ether oxygens (including phenoxy) is 1. The summed E-state index contributed by atoms with van der Waals surface area (Å²) in [6.07, 6.45) is 4.52. The third-order valence-corrected chi connectivity index (χ3v) is 4.29. The van der Waals surface area contributed by atoms with E-state index in [0.717, 1.165) is 19.5 Å². The van der Waals surface area contributed by atoms with Crippen molar-refractivity contribution in [2.45, 2.75) is 70.1 Å². The van der Waals surface area contributed by atoms with Crippen LogP contribution in [0.15, 0.2) is 0 Å². The maximum atomic E-state index is 9.76. The van der Waals surface area contributed by atoms with Crippen molar-refractivity contribution in [3.05, 3.63) is 0 Å². The molecule has 2 aliphatic heterocycles. The van der Waals surface area contributed by atoms with Gasteiger partial charge >= 0.3 is 0 Å². The summed E-state index contributed by atoms with van der Waals surface area (Å²) in [7, 11) is 0. The standard InChI is InChI=1S/C14H24N2O/c1-12(2)10-14(11-15,13(3,4)17-12)16-8-6-5-7-9-16/h5-10H2,1-4H3. The molecule has 0 N–H and O–H groups in total. The molecular formula is C14H24N2O. The number of likely N-dealkylation sites (tertiary alicyclic amines) is 1. The zero-order chi connectivity index (χ0) is 12.7. The molecule has 0 amide bonds. The first kappa shape index (κ1) is 12.9. The summed E-state index contributed by atoms with van der Waals surface area (Å²) in [6.45, 7) is 10.4. The predicted molar refractivity (Wildman–Crippen MR) is 67.6 cm³/mol. The van der Waals surface area contributed by atoms with Gasteiger partial charge in [-0.3, -0.25) is 4.90 Å². The molecule has 2 aliphatic rings. The SMILES string of the molecule is CC1(C)CC(C#N)(N2CCCCC2)C(C)(C)O1. The van der Waals surface area contributed by atoms with Gasteiger partial charge in [-0.1, -0.05) is 6.42 Å². The van der Waals surface area contributed by atoms with Crippen molar-refractivity contribution in [2.24, 2.45) is 0 Å². The Labute approximate surface area is 105 Å². The molecule has 0 bridgehead atoms. The van der Waals surface area contributed by atoms with Crippen molar-refractivity contribution in [1.82, 2.24) is 4.90 Å². The largest absolute Gasteiger partial charge is 0.367 e. The molecule has 17 heavy (non-hydrogen) atoms. The van der Waals surface area contributed by atoms with Gasteiger partial charge in [-0.25, -0.2) is 0 Å². The second-order valence-electron chi connectivity index (χ2n) is 6.57. The summed E-state index contributed by atoms with van der Waals surface area (Å²) in [4.78, 5) is 2.37. The lowest BCUT2D eigenvalue weighted by Gasteiger charge is -2.44. The highest BCUT2D eigenvalue weighted by Crippen LogP contribution is 2.48. The first-order chi connectivity index (χ1) is 7.83. The Morgan fingerprint density at radius 3 is 2.06 bits per heavy atom. The van der Waals surface area contributed by atoms with Gasteiger partial charge in [-0.2, -0.15) is 5.26 Å². The number of hydrogen-bond donors (Lipinski definition) is 0. The molecule has 0 aromatic rings. The van der Waals surface area contributed by atoms with E-state index in [9.17, 15) is 5.26 Å². The minimum absolute atomic E-state index is 0.198. The number of nitrogens with zero attached hydrogens (tertiary/aromatic N) is 2. The topological polar surface area (TPSA) is 36.3 Å². The van der Waals surface area contributed by atoms with Crippen LogP contribution in [0.4, 0.5) is 0 Å². The second kappa shape index (κ2) is 3.96. The zero-order valence-electron chi connectivity index (χ0n) is 11.5. The quantitative estimate of drug-likeness (QED) is 0.702. The molecule has 0 aliphatic carbocycles. The van der Waals surface area contributed by atoms with Crippen molar-refractivity contribution in [1.29, 1.82) is 5.26 Å². The van der Waals surface area contributed by atoms with Crippen LogP contribution in [0.2, 0.25) is 0 Å². The molecule has 1 atom stereocenters. The molecule has 0 spiro atoms. The van der Waals surface area contributed by atoms with Crippen LogP contribution in [0.1, 0.15) is 53.4 Å². The molecule has 2 saturated heterocycles. The highest BCUT2D eigenvalue weighted by Gasteiger charge is 2.60. The van der Waals surface area contributed by atoms with Gasteiger partial charge in [-0.05, 0) is 53.6 Å². The molecular weight excluding hydrogens is 212 g/mol. The van der Waals surface area contributed by atoms with Crippen molar-refractivity contribution < 1.29 is 4.74 Å². The Bertz CT molecular complexity index is 337. The predicted octanol–water partition coefficient (Wildman–Crippen LogP) is 2.71. The number of piperidine rings is 1. The Kier molecular flexibility index (Phi) is 3.00. The molecule has 96 valence electrons. The first-order valence-corrected chi connectivity index (χ1v) is 6.70. The van der Waals surface area contributed by atoms with Crippen LogP contribution < -0.4 is 0 Å². The molecule has 2 rings (SSSR count). The lowest BCUT2D eigenvalue weighted by atomic mass is 9.78. The van der Waals surface area contributed by atoms with Gasteiger partial charge in [0.15, 0.2) is 0 Å². The maximum Gasteiger partial charge on any atom is 0.140 e. The van der Waals surface area contributed by atoms with Crippen LogP contribution in [0, 0.1) is 11.3 Å². The van der Waals surface area contributed by atoms with E-state index in [1.54, 1.807) is 0 Å². The van der Waals surface area contributed by atoms with Gasteiger partial charge in [0.05, 0.1) is 17.3 Å². The summed E-state index contributed by atoms with van der Waals surface area (Å²) in [5.41, 5.74) is -1.03. The van der Waals surface area contributed by atoms with Crippen molar-refractivity contribution in [3.63, 3.8) is 0 Å². The van der Waals surface area contributed by atoms with Gasteiger partial charge < -0.3 is 4.74 Å². The molecule has 0 radical (unpaired) electrons. The lowest BCUT2D eigenvalue weighted by Crippen LogP contribution is -2.59. The maximum absolute atomic E-state index is 9.76. The van der Waals surface area contributed by atoms with Gasteiger partial charge in [0.1, 0.15) is 5.54 Å². The molecule has 1 unspecified atom stereocenters. The van der Waals surface area contributed by atoms with Crippen LogP contribution >= 0.6 is 0 Å². The monoisotopic (exact) mass is 236 g/mol. The average Bonchev–Trinajstić information content (AvgIpc) is 2.45. The van der Waals surface area contributed by atoms with Gasteiger partial charge in [0.2, 0.25) is 0 Å². The van der Waals surface area contributed by atoms with E-state index in [4.69, 9.17) is 4.74 Å². The van der Waals surface area contributed by atoms with Crippen LogP contribution in [0.5, 0.6) is 0 Å². The average molecular weight is 236 g/mol. The number of nitriles is 1. The van der Waals surface area contributed by atoms with E-state index >= 15 is 0 Å². The Hall–Kier alpha value is -0.590. The van der Waals surface area contributed by atoms with Crippen molar-refractivity contribution in [2.75, 3.05) is 13.1 Å². The van der Waals surface area contributed by atoms with Gasteiger partial charge in [-0.15, -0.1) is 0 Å². The summed E-state index contributed by atoms with van der Waals surface area (Å²) in [5.74, 6) is 0. The summed E-state index contributed by atoms with van der Waals surface area (Å²) >= 11 is 0. The lowest BCUT2D eigenvalue weighted by molar-refractivity contribution is -0.0951. The molecule has 3 heteroatoms. The van der Waals surface area contributed by atoms with Crippen LogP contribution in [0.25, 0.3) is 0 Å². The summed E-state index contributed by atoms with van der Waals surface area (Å²) in [6, 6.07) is 2.59. The fraction of sp³-hybridized carbons (Fsp3) is 0.929. The minimum Gasteiger partial charge on any atom is -0.367 e. The third kappa shape index (κ3) is 1.98. The first-order valence-electron chi connectivity index (χ1n) is 6.70. The fourth-order valence-corrected chi connectivity index (χ4v) is 3.65. The molecule has 2 fully saturated rings. The van der Waals surface area contributed by atoms with Gasteiger partial charge in [0.25, 0.3) is 0 Å². The van der Waals surface area contributed by atoms with E-state index in [-0.39, 0.29) is 11.2 Å². The molecule has 0 saturated carbocycles. The van der Waals surface area contributed by atoms with E-state index in [0.29, 0.717) is 0 Å². The second-order valence-corrected chi connectivity index (χ2v) is 6.57. The normalized spacial score (nSPS) is 36.6. The highest BCUT2D eigenvalue weighted by atomic mass is 16.5. The van der Waals surface area contributed by atoms with Crippen LogP contribution in [-0.4, -0.2) is 34.7 Å². The van der Waals surface area contributed by atoms with E-state index in [1.165, 1.54) is 19.3 Å². The molecule has 0 aromatic heterocycles. The number of hydrogen-bond acceptors (Lipinski definition) is 3. The van der Waals surface area contributed by atoms with Crippen molar-refractivity contribution >= 4 is 0 Å². The molecule has 0 aromatic carbocycles. The van der Waals surface area contributed by atoms with E-state index in [1.807, 2.05) is 0 Å². The number of rotatable bonds is 1. The third-order valence-electron chi connectivity index (χ3n) is 4.29. The molecule has 2 heterocycles. The van der Waals surface area contributed by atoms with Crippen LogP contribution in [0.3, 0.4) is 0 Å². The highest BCUT2D eigenvalue weighted by molar-refractivity contribution is 5.24. The van der Waals surface area contributed by atoms with E-state index < -0.39 is 5.54 Å². The van der Waals surface area contributed by atoms with Crippen LogP contribution in [-0.2, 0) is 4.74 Å². The summed E-state index contributed by atoms with van der Waals surface area (Å²) in [5, 5.41) is 9.76. The van der Waals surface area contributed by atoms with Gasteiger partial charge in [0, 0.05) is 6.42 Å². The smallest absolute Gasteiger partial charge is 0.140 e. The Balaban J connectivity index is 2.33. The van der Waals surface area contributed by atoms with E-state index in [2.05, 4.69) is 38.7 Å². The van der Waals surface area contributed by atoms with Crippen molar-refractivity contribution in [3.8, 4) is 6.07 Å². The zero-order valence-corrected chi connectivity index (χ0v) is 11.5. The molecule has 3 nitrogen and oxygen atoms in total. The fourth-order valence-electron chi connectivity index (χ4n) is 3.65. The summed E-state index contributed by atoms with van der Waals surface area (Å²) < 4.78 is 6.13. The minimum atomic E-state index is -0.447. The Morgan fingerprint density at radius 1 is 1.06 bits per heavy atom. The Morgan fingerprint density at radius 2 is 1.65 bits per heavy atom.